The van der Waals surface area contributed by atoms with Crippen molar-refractivity contribution in [1.29, 1.82) is 0 Å². The van der Waals surface area contributed by atoms with Crippen LogP contribution in [0.3, 0.4) is 0 Å². The standard InChI is InChI=1S/C14H22BrF3N4O/c1-5-21(6-2)7-9(3)19-11(23)8-22-10(4)12(15)13(20-22)14(16,17)18/h9H,5-8H2,1-4H3,(H,19,23)/t9-/m1/s1. The van der Waals surface area contributed by atoms with E-state index in [-0.39, 0.29) is 28.7 Å². The molecule has 0 aliphatic heterocycles. The highest BCUT2D eigenvalue weighted by molar-refractivity contribution is 9.10. The minimum Gasteiger partial charge on any atom is -0.351 e. The topological polar surface area (TPSA) is 50.2 Å². The molecule has 132 valence electrons. The minimum absolute atomic E-state index is 0.0937. The summed E-state index contributed by atoms with van der Waals surface area (Å²) in [5, 5.41) is 6.28. The van der Waals surface area contributed by atoms with Crippen molar-refractivity contribution < 1.29 is 18.0 Å². The van der Waals surface area contributed by atoms with Gasteiger partial charge in [0.05, 0.1) is 10.2 Å². The van der Waals surface area contributed by atoms with Gasteiger partial charge in [0.25, 0.3) is 0 Å². The summed E-state index contributed by atoms with van der Waals surface area (Å²) in [6, 6.07) is -0.0937. The molecule has 0 radical (unpaired) electrons. The summed E-state index contributed by atoms with van der Waals surface area (Å²) in [5.41, 5.74) is -0.747. The van der Waals surface area contributed by atoms with E-state index in [0.717, 1.165) is 17.8 Å². The van der Waals surface area contributed by atoms with Gasteiger partial charge in [-0.1, -0.05) is 13.8 Å². The molecule has 1 aromatic rings. The second kappa shape index (κ2) is 8.14. The third-order valence-corrected chi connectivity index (χ3v) is 4.48. The highest BCUT2D eigenvalue weighted by atomic mass is 79.9. The van der Waals surface area contributed by atoms with Gasteiger partial charge in [-0.15, -0.1) is 0 Å². The summed E-state index contributed by atoms with van der Waals surface area (Å²) in [6.07, 6.45) is -4.55. The van der Waals surface area contributed by atoms with Crippen molar-refractivity contribution in [2.45, 2.75) is 46.5 Å². The SMILES string of the molecule is CCN(CC)C[C@@H](C)NC(=O)Cn1nc(C(F)(F)F)c(Br)c1C. The van der Waals surface area contributed by atoms with Crippen molar-refractivity contribution >= 4 is 21.8 Å². The average molecular weight is 399 g/mol. The molecular weight excluding hydrogens is 377 g/mol. The Bertz CT molecular complexity index is 541. The minimum atomic E-state index is -4.55. The predicted octanol–water partition coefficient (Wildman–Crippen LogP) is 2.82. The lowest BCUT2D eigenvalue weighted by atomic mass is 10.3. The summed E-state index contributed by atoms with van der Waals surface area (Å²) in [7, 11) is 0. The van der Waals surface area contributed by atoms with Crippen molar-refractivity contribution in [3.8, 4) is 0 Å². The van der Waals surface area contributed by atoms with Gasteiger partial charge in [-0.2, -0.15) is 18.3 Å². The Morgan fingerprint density at radius 2 is 1.96 bits per heavy atom. The Morgan fingerprint density at radius 3 is 2.39 bits per heavy atom. The first-order valence-corrected chi connectivity index (χ1v) is 8.21. The maximum absolute atomic E-state index is 12.8. The quantitative estimate of drug-likeness (QED) is 0.767. The van der Waals surface area contributed by atoms with Gasteiger partial charge in [0.2, 0.25) is 5.91 Å². The van der Waals surface area contributed by atoms with Crippen LogP contribution in [-0.4, -0.2) is 46.3 Å². The highest BCUT2D eigenvalue weighted by Gasteiger charge is 2.38. The van der Waals surface area contributed by atoms with Gasteiger partial charge in [0.15, 0.2) is 5.69 Å². The first-order valence-electron chi connectivity index (χ1n) is 7.41. The van der Waals surface area contributed by atoms with E-state index < -0.39 is 11.9 Å². The molecule has 9 heteroatoms. The zero-order valence-corrected chi connectivity index (χ0v) is 15.3. The van der Waals surface area contributed by atoms with E-state index in [1.165, 1.54) is 6.92 Å². The van der Waals surface area contributed by atoms with Crippen LogP contribution in [0.15, 0.2) is 4.47 Å². The molecule has 0 aliphatic rings. The smallest absolute Gasteiger partial charge is 0.351 e. The number of halogens is 4. The summed E-state index contributed by atoms with van der Waals surface area (Å²) in [6.45, 7) is 9.59. The molecule has 1 amide bonds. The lowest BCUT2D eigenvalue weighted by Crippen LogP contribution is -2.43. The molecule has 0 aromatic carbocycles. The van der Waals surface area contributed by atoms with Crippen LogP contribution in [-0.2, 0) is 17.5 Å². The van der Waals surface area contributed by atoms with Crippen LogP contribution in [0, 0.1) is 6.92 Å². The molecule has 1 N–H and O–H groups in total. The molecule has 0 bridgehead atoms. The molecule has 0 unspecified atom stereocenters. The first kappa shape index (κ1) is 20.0. The van der Waals surface area contributed by atoms with Gasteiger partial charge in [-0.05, 0) is 42.9 Å². The molecule has 1 heterocycles. The number of hydrogen-bond acceptors (Lipinski definition) is 3. The van der Waals surface area contributed by atoms with Crippen LogP contribution in [0.5, 0.6) is 0 Å². The fourth-order valence-corrected chi connectivity index (χ4v) is 2.74. The third kappa shape index (κ3) is 5.49. The van der Waals surface area contributed by atoms with E-state index in [1.807, 2.05) is 20.8 Å². The van der Waals surface area contributed by atoms with Gasteiger partial charge >= 0.3 is 6.18 Å². The Balaban J connectivity index is 2.71. The van der Waals surface area contributed by atoms with Crippen molar-refractivity contribution in [2.75, 3.05) is 19.6 Å². The van der Waals surface area contributed by atoms with Gasteiger partial charge in [-0.3, -0.25) is 9.48 Å². The zero-order valence-electron chi connectivity index (χ0n) is 13.7. The fourth-order valence-electron chi connectivity index (χ4n) is 2.23. The van der Waals surface area contributed by atoms with Crippen LogP contribution >= 0.6 is 15.9 Å². The number of aromatic nitrogens is 2. The summed E-state index contributed by atoms with van der Waals surface area (Å²) in [5.74, 6) is -0.364. The van der Waals surface area contributed by atoms with Gasteiger partial charge < -0.3 is 10.2 Å². The van der Waals surface area contributed by atoms with Crippen molar-refractivity contribution in [1.82, 2.24) is 20.0 Å². The lowest BCUT2D eigenvalue weighted by molar-refractivity contribution is -0.142. The maximum atomic E-state index is 12.8. The monoisotopic (exact) mass is 398 g/mol. The van der Waals surface area contributed by atoms with E-state index in [1.54, 1.807) is 0 Å². The second-order valence-corrected chi connectivity index (χ2v) is 6.15. The van der Waals surface area contributed by atoms with E-state index in [4.69, 9.17) is 0 Å². The van der Waals surface area contributed by atoms with Gasteiger partial charge in [0, 0.05) is 12.6 Å². The van der Waals surface area contributed by atoms with Crippen LogP contribution in [0.1, 0.15) is 32.2 Å². The highest BCUT2D eigenvalue weighted by Crippen LogP contribution is 2.35. The molecule has 0 spiro atoms. The summed E-state index contributed by atoms with van der Waals surface area (Å²) < 4.78 is 39.3. The van der Waals surface area contributed by atoms with E-state index in [2.05, 4.69) is 31.2 Å². The molecule has 0 fully saturated rings. The van der Waals surface area contributed by atoms with E-state index in [0.29, 0.717) is 6.54 Å². The zero-order chi connectivity index (χ0) is 17.8. The van der Waals surface area contributed by atoms with Crippen LogP contribution in [0.25, 0.3) is 0 Å². The molecule has 23 heavy (non-hydrogen) atoms. The summed E-state index contributed by atoms with van der Waals surface area (Å²) >= 11 is 2.89. The molecule has 0 aliphatic carbocycles. The van der Waals surface area contributed by atoms with Crippen molar-refractivity contribution in [3.05, 3.63) is 15.9 Å². The Hall–Kier alpha value is -1.09. The number of rotatable bonds is 7. The second-order valence-electron chi connectivity index (χ2n) is 5.36. The molecule has 1 aromatic heterocycles. The molecule has 0 saturated carbocycles. The van der Waals surface area contributed by atoms with E-state index >= 15 is 0 Å². The number of nitrogens with zero attached hydrogens (tertiary/aromatic N) is 3. The largest absolute Gasteiger partial charge is 0.436 e. The van der Waals surface area contributed by atoms with Crippen LogP contribution in [0.2, 0.25) is 0 Å². The predicted molar refractivity (Wildman–Crippen MR) is 85.1 cm³/mol. The van der Waals surface area contributed by atoms with E-state index in [9.17, 15) is 18.0 Å². The molecule has 5 nitrogen and oxygen atoms in total. The molecular formula is C14H22BrF3N4O. The molecule has 0 saturated heterocycles. The van der Waals surface area contributed by atoms with Crippen molar-refractivity contribution in [2.24, 2.45) is 0 Å². The lowest BCUT2D eigenvalue weighted by Gasteiger charge is -2.23. The Kier molecular flexibility index (Phi) is 7.06. The number of carbonyl (C=O) groups excluding carboxylic acids is 1. The van der Waals surface area contributed by atoms with Gasteiger partial charge in [-0.25, -0.2) is 0 Å². The third-order valence-electron chi connectivity index (χ3n) is 3.53. The number of amides is 1. The van der Waals surface area contributed by atoms with Gasteiger partial charge in [0.1, 0.15) is 6.54 Å². The molecule has 1 atom stereocenters. The fraction of sp³-hybridized carbons (Fsp3) is 0.714. The number of hydrogen-bond donors (Lipinski definition) is 1. The summed E-state index contributed by atoms with van der Waals surface area (Å²) in [4.78, 5) is 14.2. The maximum Gasteiger partial charge on any atom is 0.436 e. The first-order chi connectivity index (χ1) is 10.6. The average Bonchev–Trinajstić information content (AvgIpc) is 2.72. The van der Waals surface area contributed by atoms with Crippen LogP contribution < -0.4 is 5.32 Å². The number of likely N-dealkylation sites (N-methyl/N-ethyl adjacent to an activating group) is 1. The number of alkyl halides is 3. The van der Waals surface area contributed by atoms with Crippen molar-refractivity contribution in [3.63, 3.8) is 0 Å². The number of nitrogens with one attached hydrogen (secondary N) is 1. The van der Waals surface area contributed by atoms with Crippen LogP contribution in [0.4, 0.5) is 13.2 Å². The Labute approximate surface area is 142 Å². The normalized spacial score (nSPS) is 13.4. The number of carbonyl (C=O) groups is 1. The Morgan fingerprint density at radius 1 is 1.39 bits per heavy atom. The molecule has 1 rings (SSSR count).